The lowest BCUT2D eigenvalue weighted by molar-refractivity contribution is -0.197. The zero-order valence-electron chi connectivity index (χ0n) is 22.5. The third-order valence-electron chi connectivity index (χ3n) is 10.9. The van der Waals surface area contributed by atoms with Gasteiger partial charge in [0.25, 0.3) is 0 Å². The smallest absolute Gasteiger partial charge is 0.461 e. The summed E-state index contributed by atoms with van der Waals surface area (Å²) in [5, 5.41) is 15.7. The highest BCUT2D eigenvalue weighted by Crippen LogP contribution is 2.61. The molecule has 8 bridgehead atoms. The zero-order chi connectivity index (χ0) is 29.5. The monoisotopic (exact) mass is 606 g/mol. The molecule has 4 atom stereocenters. The Kier molecular flexibility index (Phi) is 6.99. The summed E-state index contributed by atoms with van der Waals surface area (Å²) in [6.45, 7) is -1.55. The van der Waals surface area contributed by atoms with Gasteiger partial charge >= 0.3 is 33.3 Å². The maximum absolute atomic E-state index is 14.0. The molecule has 0 aromatic heterocycles. The summed E-state index contributed by atoms with van der Waals surface area (Å²) >= 11 is 0. The Hall–Kier alpha value is -1.90. The van der Waals surface area contributed by atoms with Crippen LogP contribution in [0, 0.1) is 46.3 Å². The lowest BCUT2D eigenvalue weighted by Gasteiger charge is -2.57. The van der Waals surface area contributed by atoms with Crippen LogP contribution in [0.2, 0.25) is 0 Å². The molecule has 41 heavy (non-hydrogen) atoms. The van der Waals surface area contributed by atoms with Gasteiger partial charge in [-0.05, 0) is 99.7 Å². The molecule has 0 amide bonds. The second-order valence-electron chi connectivity index (χ2n) is 13.7. The van der Waals surface area contributed by atoms with Crippen LogP contribution in [0.3, 0.4) is 0 Å². The topological polar surface area (TPSA) is 174 Å². The summed E-state index contributed by atoms with van der Waals surface area (Å²) in [7, 11) is -6.15. The van der Waals surface area contributed by atoms with Crippen molar-refractivity contribution in [2.75, 3.05) is 13.2 Å². The maximum Gasteiger partial charge on any atom is 0.465 e. The van der Waals surface area contributed by atoms with Crippen molar-refractivity contribution in [3.8, 4) is 0 Å². The molecule has 0 radical (unpaired) electrons. The number of carbonyl (C=O) groups is 3. The van der Waals surface area contributed by atoms with Crippen molar-refractivity contribution in [1.29, 1.82) is 0 Å². The number of ether oxygens (including phenoxy) is 3. The average Bonchev–Trinajstić information content (AvgIpc) is 2.89. The minimum Gasteiger partial charge on any atom is -0.461 e. The van der Waals surface area contributed by atoms with E-state index in [1.54, 1.807) is 0 Å². The van der Waals surface area contributed by atoms with Crippen LogP contribution in [-0.2, 0) is 38.7 Å². The molecule has 8 rings (SSSR count). The molecule has 230 valence electrons. The van der Waals surface area contributed by atoms with Crippen molar-refractivity contribution >= 4 is 28.0 Å². The molecule has 3 N–H and O–H groups in total. The van der Waals surface area contributed by atoms with Crippen LogP contribution in [0.4, 0.5) is 8.78 Å². The first-order valence-corrected chi connectivity index (χ1v) is 15.8. The molecule has 8 aliphatic carbocycles. The normalized spacial score (nSPS) is 43.0. The van der Waals surface area contributed by atoms with Crippen LogP contribution in [0.1, 0.15) is 64.2 Å². The van der Waals surface area contributed by atoms with E-state index in [0.717, 1.165) is 25.7 Å². The fourth-order valence-electron chi connectivity index (χ4n) is 9.58. The van der Waals surface area contributed by atoms with E-state index in [-0.39, 0.29) is 35.5 Å². The molecule has 0 saturated heterocycles. The second-order valence-corrected chi connectivity index (χ2v) is 15.2. The number of halogens is 2. The third-order valence-corrected chi connectivity index (χ3v) is 11.8. The van der Waals surface area contributed by atoms with Gasteiger partial charge in [-0.3, -0.25) is 14.1 Å². The van der Waals surface area contributed by atoms with E-state index in [4.69, 9.17) is 14.0 Å². The number of esters is 3. The predicted molar refractivity (Wildman–Crippen MR) is 132 cm³/mol. The highest BCUT2D eigenvalue weighted by Gasteiger charge is 2.61. The van der Waals surface area contributed by atoms with Crippen molar-refractivity contribution in [1.82, 2.24) is 0 Å². The quantitative estimate of drug-likeness (QED) is 0.199. The standard InChI is InChI=1S/C27H36F2O11S/c28-27(29,41(35,36)37)24(34)40-19(11-38-22(32)25-5-13-1-15(7-25)20(30)16(2-13)8-25)12-39-23(33)26-6-14-3-17(9-26)21(31)18(4-14)10-26/h13-21,30-31H,1-12H2,(H,35,36,37). The van der Waals surface area contributed by atoms with Crippen LogP contribution in [0.5, 0.6) is 0 Å². The number of hydrogen-bond acceptors (Lipinski definition) is 10. The average molecular weight is 607 g/mol. The van der Waals surface area contributed by atoms with Gasteiger partial charge in [0.1, 0.15) is 13.2 Å². The summed E-state index contributed by atoms with van der Waals surface area (Å²) in [6.07, 6.45) is 3.29. The minimum absolute atomic E-state index is 0.0457. The third kappa shape index (κ3) is 4.86. The first kappa shape index (κ1) is 29.2. The molecular formula is C27H36F2O11S. The van der Waals surface area contributed by atoms with E-state index in [1.807, 2.05) is 0 Å². The molecule has 8 fully saturated rings. The molecule has 8 aliphatic rings. The minimum atomic E-state index is -6.15. The molecule has 11 nitrogen and oxygen atoms in total. The van der Waals surface area contributed by atoms with Crippen LogP contribution < -0.4 is 0 Å². The first-order chi connectivity index (χ1) is 19.1. The van der Waals surface area contributed by atoms with Crippen molar-refractivity contribution in [3.05, 3.63) is 0 Å². The lowest BCUT2D eigenvalue weighted by Crippen LogP contribution is -2.57. The van der Waals surface area contributed by atoms with Gasteiger partial charge in [-0.15, -0.1) is 0 Å². The van der Waals surface area contributed by atoms with Gasteiger partial charge in [-0.25, -0.2) is 4.79 Å². The number of carbonyl (C=O) groups excluding carboxylic acids is 3. The van der Waals surface area contributed by atoms with E-state index >= 15 is 0 Å². The van der Waals surface area contributed by atoms with E-state index in [9.17, 15) is 41.8 Å². The highest BCUT2D eigenvalue weighted by atomic mass is 32.2. The zero-order valence-corrected chi connectivity index (χ0v) is 23.3. The molecule has 0 heterocycles. The van der Waals surface area contributed by atoms with Gasteiger partial charge in [-0.1, -0.05) is 0 Å². The van der Waals surface area contributed by atoms with Crippen LogP contribution in [0.25, 0.3) is 0 Å². The van der Waals surface area contributed by atoms with E-state index < -0.39 is 75.6 Å². The van der Waals surface area contributed by atoms with E-state index in [2.05, 4.69) is 4.74 Å². The Morgan fingerprint density at radius 2 is 1.12 bits per heavy atom. The van der Waals surface area contributed by atoms with Gasteiger partial charge in [0.05, 0.1) is 23.0 Å². The Morgan fingerprint density at radius 1 is 0.756 bits per heavy atom. The van der Waals surface area contributed by atoms with Crippen LogP contribution >= 0.6 is 0 Å². The van der Waals surface area contributed by atoms with Gasteiger partial charge in [0.15, 0.2) is 6.10 Å². The fourth-order valence-corrected chi connectivity index (χ4v) is 9.84. The molecule has 0 aromatic rings. The molecule has 4 unspecified atom stereocenters. The molecule has 8 saturated carbocycles. The van der Waals surface area contributed by atoms with Crippen LogP contribution in [-0.4, -0.2) is 77.9 Å². The Morgan fingerprint density at radius 3 is 1.46 bits per heavy atom. The van der Waals surface area contributed by atoms with Crippen molar-refractivity contribution in [2.45, 2.75) is 87.8 Å². The summed E-state index contributed by atoms with van der Waals surface area (Å²) in [6, 6.07) is 0. The summed E-state index contributed by atoms with van der Waals surface area (Å²) in [4.78, 5) is 38.7. The molecule has 0 aromatic carbocycles. The molecule has 0 aliphatic heterocycles. The van der Waals surface area contributed by atoms with E-state index in [0.29, 0.717) is 38.5 Å². The Labute approximate surface area is 236 Å². The number of aliphatic hydroxyl groups is 2. The number of aliphatic hydroxyl groups excluding tert-OH is 2. The maximum atomic E-state index is 14.0. The molecule has 0 spiro atoms. The lowest BCUT2D eigenvalue weighted by atomic mass is 9.48. The van der Waals surface area contributed by atoms with E-state index in [1.165, 1.54) is 0 Å². The number of hydrogen-bond donors (Lipinski definition) is 3. The first-order valence-electron chi connectivity index (χ1n) is 14.4. The Bertz CT molecular complexity index is 1130. The summed E-state index contributed by atoms with van der Waals surface area (Å²) in [5.74, 6) is -3.53. The largest absolute Gasteiger partial charge is 0.465 e. The van der Waals surface area contributed by atoms with Crippen LogP contribution in [0.15, 0.2) is 0 Å². The number of rotatable bonds is 9. The number of alkyl halides is 2. The second kappa shape index (κ2) is 9.81. The molecular weight excluding hydrogens is 570 g/mol. The van der Waals surface area contributed by atoms with Crippen molar-refractivity contribution in [2.24, 2.45) is 46.3 Å². The Balaban J connectivity index is 1.14. The van der Waals surface area contributed by atoms with Gasteiger partial charge in [0, 0.05) is 0 Å². The SMILES string of the molecule is O=C(OCC(COC(=O)C12CC3CC(C1)C(O)C(C3)C2)OC(=O)C(F)(F)S(=O)(=O)O)C12CC3CC(C1)C(O)C(C3)C2. The summed E-state index contributed by atoms with van der Waals surface area (Å²) < 4.78 is 74.5. The van der Waals surface area contributed by atoms with Gasteiger partial charge in [-0.2, -0.15) is 17.2 Å². The van der Waals surface area contributed by atoms with Gasteiger partial charge in [0.2, 0.25) is 0 Å². The molecule has 14 heteroatoms. The van der Waals surface area contributed by atoms with Gasteiger partial charge < -0.3 is 24.4 Å². The highest BCUT2D eigenvalue weighted by molar-refractivity contribution is 7.87. The van der Waals surface area contributed by atoms with Crippen molar-refractivity contribution in [3.63, 3.8) is 0 Å². The summed E-state index contributed by atoms with van der Waals surface area (Å²) in [5.41, 5.74) is -1.72. The van der Waals surface area contributed by atoms with Crippen molar-refractivity contribution < 1.29 is 60.6 Å². The fraction of sp³-hybridized carbons (Fsp3) is 0.889. The predicted octanol–water partition coefficient (Wildman–Crippen LogP) is 1.84.